The summed E-state index contributed by atoms with van der Waals surface area (Å²) in [5.41, 5.74) is 3.98. The van der Waals surface area contributed by atoms with E-state index in [4.69, 9.17) is 0 Å². The van der Waals surface area contributed by atoms with Crippen molar-refractivity contribution in [1.82, 2.24) is 25.1 Å². The predicted octanol–water partition coefficient (Wildman–Crippen LogP) is 3.17. The van der Waals surface area contributed by atoms with Gasteiger partial charge in [0, 0.05) is 13.6 Å². The largest absolute Gasteiger partial charge is 0.341 e. The Labute approximate surface area is 161 Å². The first kappa shape index (κ1) is 19.0. The molecule has 1 aromatic heterocycles. The Morgan fingerprint density at radius 2 is 1.93 bits per heavy atom. The summed E-state index contributed by atoms with van der Waals surface area (Å²) in [6.45, 7) is 4.45. The fourth-order valence-electron chi connectivity index (χ4n) is 2.65. The van der Waals surface area contributed by atoms with Gasteiger partial charge in [-0.05, 0) is 53.6 Å². The number of thioether (sulfide) groups is 1. The van der Waals surface area contributed by atoms with E-state index in [0.717, 1.165) is 22.4 Å². The van der Waals surface area contributed by atoms with Crippen LogP contribution in [-0.2, 0) is 11.3 Å². The summed E-state index contributed by atoms with van der Waals surface area (Å²) in [5.74, 6) is -0.135. The molecule has 3 aromatic rings. The Morgan fingerprint density at radius 3 is 2.63 bits per heavy atom. The molecule has 0 aliphatic heterocycles. The number of carbonyl (C=O) groups excluding carboxylic acids is 1. The standard InChI is InChI=1S/C19H20FN5OS/c1-13-4-9-17(14(2)10-13)25-19(21-22-23-25)27-12-18(26)24(3)11-15-5-7-16(20)8-6-15/h4-10H,11-12H2,1-3H3. The Balaban J connectivity index is 1.64. The molecule has 0 N–H and O–H groups in total. The van der Waals surface area contributed by atoms with Crippen LogP contribution in [-0.4, -0.2) is 43.8 Å². The van der Waals surface area contributed by atoms with Gasteiger partial charge in [-0.15, -0.1) is 5.10 Å². The van der Waals surface area contributed by atoms with Crippen molar-refractivity contribution in [2.75, 3.05) is 12.8 Å². The molecule has 0 saturated carbocycles. The number of aryl methyl sites for hydroxylation is 2. The molecule has 0 atom stereocenters. The fraction of sp³-hybridized carbons (Fsp3) is 0.263. The van der Waals surface area contributed by atoms with Gasteiger partial charge in [-0.2, -0.15) is 4.68 Å². The fourth-order valence-corrected chi connectivity index (χ4v) is 3.48. The van der Waals surface area contributed by atoms with Crippen molar-refractivity contribution in [3.8, 4) is 5.69 Å². The number of rotatable bonds is 6. The van der Waals surface area contributed by atoms with E-state index < -0.39 is 0 Å². The molecule has 2 aromatic carbocycles. The Bertz CT molecular complexity index is 942. The maximum Gasteiger partial charge on any atom is 0.233 e. The molecule has 3 rings (SSSR count). The van der Waals surface area contributed by atoms with E-state index in [1.807, 2.05) is 26.0 Å². The van der Waals surface area contributed by atoms with Crippen LogP contribution >= 0.6 is 11.8 Å². The molecule has 0 spiro atoms. The van der Waals surface area contributed by atoms with Gasteiger partial charge in [0.05, 0.1) is 11.4 Å². The molecule has 0 radical (unpaired) electrons. The summed E-state index contributed by atoms with van der Waals surface area (Å²) < 4.78 is 14.6. The quantitative estimate of drug-likeness (QED) is 0.610. The van der Waals surface area contributed by atoms with Crippen LogP contribution in [0.15, 0.2) is 47.6 Å². The predicted molar refractivity (Wildman–Crippen MR) is 102 cm³/mol. The molecule has 6 nitrogen and oxygen atoms in total. The van der Waals surface area contributed by atoms with E-state index in [0.29, 0.717) is 11.7 Å². The first-order chi connectivity index (χ1) is 12.9. The number of aromatic nitrogens is 4. The van der Waals surface area contributed by atoms with Crippen molar-refractivity contribution >= 4 is 17.7 Å². The zero-order chi connectivity index (χ0) is 19.4. The lowest BCUT2D eigenvalue weighted by Crippen LogP contribution is -2.27. The summed E-state index contributed by atoms with van der Waals surface area (Å²) in [6.07, 6.45) is 0. The number of amides is 1. The van der Waals surface area contributed by atoms with E-state index in [1.165, 1.54) is 23.9 Å². The summed E-state index contributed by atoms with van der Waals surface area (Å²) in [4.78, 5) is 14.0. The molecule has 140 valence electrons. The highest BCUT2D eigenvalue weighted by molar-refractivity contribution is 7.99. The molecule has 0 bridgehead atoms. The highest BCUT2D eigenvalue weighted by Gasteiger charge is 2.15. The Hall–Kier alpha value is -2.74. The van der Waals surface area contributed by atoms with Crippen molar-refractivity contribution < 1.29 is 9.18 Å². The second-order valence-corrected chi connectivity index (χ2v) is 7.27. The second kappa shape index (κ2) is 8.30. The van der Waals surface area contributed by atoms with Gasteiger partial charge in [-0.25, -0.2) is 4.39 Å². The van der Waals surface area contributed by atoms with Gasteiger partial charge in [0.2, 0.25) is 11.1 Å². The summed E-state index contributed by atoms with van der Waals surface area (Å²) in [7, 11) is 1.72. The smallest absolute Gasteiger partial charge is 0.233 e. The number of tetrazole rings is 1. The zero-order valence-electron chi connectivity index (χ0n) is 15.4. The maximum atomic E-state index is 13.0. The summed E-state index contributed by atoms with van der Waals surface area (Å²) in [5, 5.41) is 12.4. The van der Waals surface area contributed by atoms with Crippen molar-refractivity contribution in [2.24, 2.45) is 0 Å². The number of carbonyl (C=O) groups is 1. The molecule has 0 unspecified atom stereocenters. The summed E-state index contributed by atoms with van der Waals surface area (Å²) in [6, 6.07) is 12.2. The van der Waals surface area contributed by atoms with Crippen LogP contribution in [0.2, 0.25) is 0 Å². The Kier molecular flexibility index (Phi) is 5.85. The van der Waals surface area contributed by atoms with Gasteiger partial charge < -0.3 is 4.90 Å². The van der Waals surface area contributed by atoms with Crippen LogP contribution in [0.1, 0.15) is 16.7 Å². The molecule has 0 saturated heterocycles. The van der Waals surface area contributed by atoms with E-state index in [2.05, 4.69) is 21.6 Å². The topological polar surface area (TPSA) is 63.9 Å². The zero-order valence-corrected chi connectivity index (χ0v) is 16.2. The molecule has 0 fully saturated rings. The Morgan fingerprint density at radius 1 is 1.19 bits per heavy atom. The number of nitrogens with zero attached hydrogens (tertiary/aromatic N) is 5. The normalized spacial score (nSPS) is 10.8. The molecule has 8 heteroatoms. The van der Waals surface area contributed by atoms with Gasteiger partial charge >= 0.3 is 0 Å². The number of hydrogen-bond acceptors (Lipinski definition) is 5. The molecule has 0 aliphatic rings. The van der Waals surface area contributed by atoms with Crippen molar-refractivity contribution in [3.63, 3.8) is 0 Å². The van der Waals surface area contributed by atoms with Crippen LogP contribution in [0.5, 0.6) is 0 Å². The van der Waals surface area contributed by atoms with Crippen molar-refractivity contribution in [1.29, 1.82) is 0 Å². The van der Waals surface area contributed by atoms with Crippen LogP contribution in [0.4, 0.5) is 4.39 Å². The molecule has 1 amide bonds. The van der Waals surface area contributed by atoms with Crippen LogP contribution < -0.4 is 0 Å². The van der Waals surface area contributed by atoms with E-state index in [1.54, 1.807) is 28.8 Å². The minimum absolute atomic E-state index is 0.0560. The third kappa shape index (κ3) is 4.71. The lowest BCUT2D eigenvalue weighted by atomic mass is 10.1. The van der Waals surface area contributed by atoms with Gasteiger partial charge in [0.25, 0.3) is 0 Å². The van der Waals surface area contributed by atoms with E-state index >= 15 is 0 Å². The second-order valence-electron chi connectivity index (χ2n) is 6.33. The first-order valence-corrected chi connectivity index (χ1v) is 9.40. The average Bonchev–Trinajstić information content (AvgIpc) is 3.09. The van der Waals surface area contributed by atoms with Gasteiger partial charge in [-0.3, -0.25) is 4.79 Å². The number of hydrogen-bond donors (Lipinski definition) is 0. The van der Waals surface area contributed by atoms with Gasteiger partial charge in [0.1, 0.15) is 5.82 Å². The highest BCUT2D eigenvalue weighted by Crippen LogP contribution is 2.21. The third-order valence-corrected chi connectivity index (χ3v) is 5.01. The summed E-state index contributed by atoms with van der Waals surface area (Å²) >= 11 is 1.29. The molecular weight excluding hydrogens is 365 g/mol. The first-order valence-electron chi connectivity index (χ1n) is 8.41. The SMILES string of the molecule is Cc1ccc(-n2nnnc2SCC(=O)N(C)Cc2ccc(F)cc2)c(C)c1. The third-order valence-electron chi connectivity index (χ3n) is 4.10. The molecule has 1 heterocycles. The van der Waals surface area contributed by atoms with Crippen LogP contribution in [0, 0.1) is 19.7 Å². The number of benzene rings is 2. The monoisotopic (exact) mass is 385 g/mol. The van der Waals surface area contributed by atoms with Gasteiger partial charge in [-0.1, -0.05) is 41.6 Å². The maximum absolute atomic E-state index is 13.0. The molecule has 27 heavy (non-hydrogen) atoms. The molecule has 0 aliphatic carbocycles. The lowest BCUT2D eigenvalue weighted by molar-refractivity contribution is -0.127. The minimum Gasteiger partial charge on any atom is -0.341 e. The number of halogens is 1. The highest BCUT2D eigenvalue weighted by atomic mass is 32.2. The van der Waals surface area contributed by atoms with Crippen molar-refractivity contribution in [2.45, 2.75) is 25.5 Å². The average molecular weight is 385 g/mol. The van der Waals surface area contributed by atoms with Gasteiger partial charge in [0.15, 0.2) is 0 Å². The van der Waals surface area contributed by atoms with Crippen LogP contribution in [0.3, 0.4) is 0 Å². The van der Waals surface area contributed by atoms with E-state index in [9.17, 15) is 9.18 Å². The van der Waals surface area contributed by atoms with Crippen molar-refractivity contribution in [3.05, 3.63) is 65.0 Å². The molecular formula is C19H20FN5OS. The van der Waals surface area contributed by atoms with Crippen LogP contribution in [0.25, 0.3) is 5.69 Å². The minimum atomic E-state index is -0.290. The lowest BCUT2D eigenvalue weighted by Gasteiger charge is -2.17. The van der Waals surface area contributed by atoms with E-state index in [-0.39, 0.29) is 17.5 Å².